The molecule has 1 aliphatic carbocycles. The number of methoxy groups -OCH3 is 1. The lowest BCUT2D eigenvalue weighted by molar-refractivity contribution is -0.151. The molecule has 4 rings (SSSR count). The van der Waals surface area contributed by atoms with E-state index in [0.29, 0.717) is 35.6 Å². The summed E-state index contributed by atoms with van der Waals surface area (Å²) in [6.45, 7) is 6.04. The van der Waals surface area contributed by atoms with Crippen LogP contribution in [0.25, 0.3) is 0 Å². The van der Waals surface area contributed by atoms with E-state index in [0.717, 1.165) is 16.8 Å². The minimum absolute atomic E-state index is 0.205. The molecule has 188 valence electrons. The third-order valence-electron chi connectivity index (χ3n) is 6.70. The fraction of sp³-hybridized carbons (Fsp3) is 0.345. The van der Waals surface area contributed by atoms with Gasteiger partial charge in [-0.3, -0.25) is 9.59 Å². The van der Waals surface area contributed by atoms with E-state index in [9.17, 15) is 14.4 Å². The molecule has 7 heteroatoms. The molecule has 0 radical (unpaired) electrons. The molecule has 7 nitrogen and oxygen atoms in total. The Kier molecular flexibility index (Phi) is 7.58. The molecule has 0 bridgehead atoms. The van der Waals surface area contributed by atoms with Crippen LogP contribution >= 0.6 is 0 Å². The van der Waals surface area contributed by atoms with Crippen molar-refractivity contribution in [3.8, 4) is 5.75 Å². The quantitative estimate of drug-likeness (QED) is 0.454. The first kappa shape index (κ1) is 25.2. The van der Waals surface area contributed by atoms with Crippen molar-refractivity contribution in [2.45, 2.75) is 39.7 Å². The van der Waals surface area contributed by atoms with Gasteiger partial charge in [0, 0.05) is 22.9 Å². The maximum absolute atomic E-state index is 13.7. The van der Waals surface area contributed by atoms with Crippen molar-refractivity contribution in [3.63, 3.8) is 0 Å². The zero-order valence-corrected chi connectivity index (χ0v) is 21.0. The highest BCUT2D eigenvalue weighted by Gasteiger charge is 2.47. The number of nitrogens with one attached hydrogen (secondary N) is 1. The second kappa shape index (κ2) is 10.8. The van der Waals surface area contributed by atoms with E-state index >= 15 is 0 Å². The Bertz CT molecular complexity index is 1210. The number of hydrogen-bond donors (Lipinski definition) is 1. The van der Waals surface area contributed by atoms with Crippen molar-refractivity contribution >= 4 is 17.7 Å². The molecule has 0 saturated heterocycles. The normalized spacial score (nSPS) is 21.4. The molecule has 1 heterocycles. The first-order valence-corrected chi connectivity index (χ1v) is 12.1. The molecule has 0 fully saturated rings. The summed E-state index contributed by atoms with van der Waals surface area (Å²) in [5, 5.41) is 3.26. The molecule has 3 atom stereocenters. The molecular weight excluding hydrogens is 458 g/mol. The minimum atomic E-state index is -0.923. The topological polar surface area (TPSA) is 90.9 Å². The highest BCUT2D eigenvalue weighted by Crippen LogP contribution is 2.45. The van der Waals surface area contributed by atoms with Gasteiger partial charge < -0.3 is 19.5 Å². The van der Waals surface area contributed by atoms with Crippen LogP contribution in [0.15, 0.2) is 77.1 Å². The Morgan fingerprint density at radius 1 is 1.06 bits per heavy atom. The summed E-state index contributed by atoms with van der Waals surface area (Å²) in [5.41, 5.74) is 3.93. The Hall–Kier alpha value is -3.87. The lowest BCUT2D eigenvalue weighted by Crippen LogP contribution is -2.43. The molecule has 0 unspecified atom stereocenters. The molecule has 2 aliphatic rings. The lowest BCUT2D eigenvalue weighted by Gasteiger charge is -2.38. The van der Waals surface area contributed by atoms with Gasteiger partial charge in [-0.1, -0.05) is 49.4 Å². The van der Waals surface area contributed by atoms with Crippen molar-refractivity contribution in [2.24, 2.45) is 11.8 Å². The van der Waals surface area contributed by atoms with Crippen LogP contribution < -0.4 is 10.1 Å². The van der Waals surface area contributed by atoms with Gasteiger partial charge in [0.15, 0.2) is 5.78 Å². The van der Waals surface area contributed by atoms with E-state index < -0.39 is 23.8 Å². The molecule has 0 aromatic heterocycles. The van der Waals surface area contributed by atoms with Crippen LogP contribution in [0.4, 0.5) is 0 Å². The monoisotopic (exact) mass is 489 g/mol. The van der Waals surface area contributed by atoms with Gasteiger partial charge in [0.05, 0.1) is 19.3 Å². The smallest absolute Gasteiger partial charge is 0.336 e. The summed E-state index contributed by atoms with van der Waals surface area (Å²) in [6.07, 6.45) is 0.489. The first-order chi connectivity index (χ1) is 17.3. The number of ether oxygens (including phenoxy) is 3. The van der Waals surface area contributed by atoms with Gasteiger partial charge in [-0.05, 0) is 49.4 Å². The number of hydrogen-bond acceptors (Lipinski definition) is 7. The van der Waals surface area contributed by atoms with E-state index in [1.54, 1.807) is 6.92 Å². The van der Waals surface area contributed by atoms with E-state index in [2.05, 4.69) is 5.32 Å². The second-order valence-electron chi connectivity index (χ2n) is 9.10. The largest absolute Gasteiger partial charge is 0.489 e. The number of carbonyl (C=O) groups excluding carboxylic acids is 3. The van der Waals surface area contributed by atoms with Crippen molar-refractivity contribution in [3.05, 3.63) is 88.3 Å². The number of Topliss-reactive ketones (excluding diaryl/α,β-unsaturated/α-hetero) is 1. The zero-order chi connectivity index (χ0) is 25.8. The molecule has 2 aromatic rings. The van der Waals surface area contributed by atoms with Crippen LogP contribution in [0.2, 0.25) is 0 Å². The minimum Gasteiger partial charge on any atom is -0.489 e. The summed E-state index contributed by atoms with van der Waals surface area (Å²) < 4.78 is 16.2. The van der Waals surface area contributed by atoms with Crippen LogP contribution in [-0.4, -0.2) is 31.4 Å². The Labute approximate surface area is 211 Å². The van der Waals surface area contributed by atoms with Crippen LogP contribution in [0.1, 0.15) is 44.2 Å². The fourth-order valence-electron chi connectivity index (χ4n) is 4.99. The highest BCUT2D eigenvalue weighted by atomic mass is 16.5. The van der Waals surface area contributed by atoms with Crippen molar-refractivity contribution in [2.75, 3.05) is 13.7 Å². The van der Waals surface area contributed by atoms with Gasteiger partial charge in [-0.15, -0.1) is 0 Å². The average Bonchev–Trinajstić information content (AvgIpc) is 2.87. The predicted molar refractivity (Wildman–Crippen MR) is 134 cm³/mol. The number of dihydropyridines is 1. The van der Waals surface area contributed by atoms with Crippen LogP contribution in [0.5, 0.6) is 5.75 Å². The van der Waals surface area contributed by atoms with Gasteiger partial charge in [0.2, 0.25) is 0 Å². The summed E-state index contributed by atoms with van der Waals surface area (Å²) in [4.78, 5) is 39.3. The molecular formula is C29H31NO6. The molecule has 0 saturated carbocycles. The maximum atomic E-state index is 13.7. The number of allylic oxidation sites excluding steroid dienone is 3. The number of rotatable bonds is 7. The molecule has 0 spiro atoms. The standard InChI is InChI=1S/C29H31NO6/c1-5-35-29(33)24-18(3)30-22-15-17(2)23(28(32)34-4)27(31)26(22)25(24)20-11-13-21(14-12-20)36-16-19-9-7-6-8-10-19/h6-14,17,23,25,30H,5,15-16H2,1-4H3/t17-,23+,25-/m0/s1. The number of carbonyl (C=O) groups is 3. The molecule has 2 aromatic carbocycles. The highest BCUT2D eigenvalue weighted by molar-refractivity contribution is 6.12. The summed E-state index contributed by atoms with van der Waals surface area (Å²) in [7, 11) is 1.28. The molecule has 1 aliphatic heterocycles. The third-order valence-corrected chi connectivity index (χ3v) is 6.70. The van der Waals surface area contributed by atoms with Crippen LogP contribution in [-0.2, 0) is 30.5 Å². The van der Waals surface area contributed by atoms with E-state index in [4.69, 9.17) is 14.2 Å². The SMILES string of the molecule is CCOC(=O)C1=C(C)NC2=C(C(=O)[C@H](C(=O)OC)[C@@H](C)C2)[C@H]1c1ccc(OCc2ccccc2)cc1. The van der Waals surface area contributed by atoms with Gasteiger partial charge in [-0.2, -0.15) is 0 Å². The maximum Gasteiger partial charge on any atom is 0.336 e. The Balaban J connectivity index is 1.71. The van der Waals surface area contributed by atoms with E-state index in [1.165, 1.54) is 7.11 Å². The van der Waals surface area contributed by atoms with Gasteiger partial charge >= 0.3 is 11.9 Å². The third kappa shape index (κ3) is 4.91. The van der Waals surface area contributed by atoms with Crippen molar-refractivity contribution in [1.82, 2.24) is 5.32 Å². The fourth-order valence-corrected chi connectivity index (χ4v) is 4.99. The summed E-state index contributed by atoms with van der Waals surface area (Å²) in [6, 6.07) is 17.2. The van der Waals surface area contributed by atoms with Gasteiger partial charge in [0.25, 0.3) is 0 Å². The van der Waals surface area contributed by atoms with Crippen molar-refractivity contribution in [1.29, 1.82) is 0 Å². The zero-order valence-electron chi connectivity index (χ0n) is 21.0. The van der Waals surface area contributed by atoms with E-state index in [1.807, 2.05) is 68.4 Å². The van der Waals surface area contributed by atoms with Gasteiger partial charge in [-0.25, -0.2) is 4.79 Å². The first-order valence-electron chi connectivity index (χ1n) is 12.1. The Morgan fingerprint density at radius 2 is 1.75 bits per heavy atom. The summed E-state index contributed by atoms with van der Waals surface area (Å²) >= 11 is 0. The number of benzene rings is 2. The lowest BCUT2D eigenvalue weighted by atomic mass is 9.69. The number of esters is 2. The molecule has 1 N–H and O–H groups in total. The van der Waals surface area contributed by atoms with Crippen molar-refractivity contribution < 1.29 is 28.6 Å². The van der Waals surface area contributed by atoms with Gasteiger partial charge in [0.1, 0.15) is 18.3 Å². The predicted octanol–water partition coefficient (Wildman–Crippen LogP) is 4.44. The van der Waals surface area contributed by atoms with Crippen LogP contribution in [0.3, 0.4) is 0 Å². The van der Waals surface area contributed by atoms with E-state index in [-0.39, 0.29) is 18.3 Å². The molecule has 0 amide bonds. The number of ketones is 1. The second-order valence-corrected chi connectivity index (χ2v) is 9.10. The average molecular weight is 490 g/mol. The summed E-state index contributed by atoms with van der Waals surface area (Å²) in [5.74, 6) is -2.55. The van der Waals surface area contributed by atoms with Crippen LogP contribution in [0, 0.1) is 11.8 Å². The Morgan fingerprint density at radius 3 is 2.39 bits per heavy atom. The molecule has 36 heavy (non-hydrogen) atoms.